The van der Waals surface area contributed by atoms with E-state index in [-0.39, 0.29) is 0 Å². The number of hydrogen-bond donors (Lipinski definition) is 2. The molecule has 0 bridgehead atoms. The predicted octanol–water partition coefficient (Wildman–Crippen LogP) is 0.449. The van der Waals surface area contributed by atoms with E-state index in [4.69, 9.17) is 10.5 Å². The number of primary amides is 1. The van der Waals surface area contributed by atoms with Crippen molar-refractivity contribution in [1.82, 2.24) is 4.72 Å². The maximum Gasteiger partial charge on any atom is 0.240 e. The number of hydrogen-bond acceptors (Lipinski definition) is 4. The van der Waals surface area contributed by atoms with Gasteiger partial charge in [-0.25, -0.2) is 12.8 Å². The van der Waals surface area contributed by atoms with E-state index in [1.54, 1.807) is 6.92 Å². The second kappa shape index (κ2) is 6.08. The number of carbonyl (C=O) groups is 1. The SMILES string of the molecule is CC1OCCC1S(=O)(=O)NC(C(N)=O)c1ccc(F)cc1. The van der Waals surface area contributed by atoms with Crippen LogP contribution in [0, 0.1) is 5.82 Å². The van der Waals surface area contributed by atoms with Gasteiger partial charge in [0.15, 0.2) is 0 Å². The fraction of sp³-hybridized carbons (Fsp3) is 0.462. The zero-order valence-corrected chi connectivity index (χ0v) is 12.3. The molecule has 8 heteroatoms. The Labute approximate surface area is 122 Å². The number of sulfonamides is 1. The van der Waals surface area contributed by atoms with E-state index in [1.807, 2.05) is 0 Å². The molecular weight excluding hydrogens is 299 g/mol. The normalized spacial score (nSPS) is 23.9. The third kappa shape index (κ3) is 3.58. The number of amides is 1. The Bertz CT molecular complexity index is 618. The van der Waals surface area contributed by atoms with E-state index < -0.39 is 39.1 Å². The highest BCUT2D eigenvalue weighted by Crippen LogP contribution is 2.23. The lowest BCUT2D eigenvalue weighted by atomic mass is 10.1. The molecule has 1 aliphatic rings. The van der Waals surface area contributed by atoms with Crippen molar-refractivity contribution < 1.29 is 22.3 Å². The van der Waals surface area contributed by atoms with Crippen molar-refractivity contribution >= 4 is 15.9 Å². The van der Waals surface area contributed by atoms with Crippen LogP contribution in [0.2, 0.25) is 0 Å². The highest BCUT2D eigenvalue weighted by molar-refractivity contribution is 7.90. The summed E-state index contributed by atoms with van der Waals surface area (Å²) in [6, 6.07) is 3.69. The van der Waals surface area contributed by atoms with E-state index >= 15 is 0 Å². The molecule has 1 aromatic rings. The van der Waals surface area contributed by atoms with Crippen LogP contribution < -0.4 is 10.5 Å². The quantitative estimate of drug-likeness (QED) is 0.824. The number of nitrogens with two attached hydrogens (primary N) is 1. The summed E-state index contributed by atoms with van der Waals surface area (Å²) in [5.41, 5.74) is 5.55. The van der Waals surface area contributed by atoms with E-state index in [1.165, 1.54) is 12.1 Å². The van der Waals surface area contributed by atoms with Gasteiger partial charge in [0.1, 0.15) is 17.1 Å². The van der Waals surface area contributed by atoms with Gasteiger partial charge in [0, 0.05) is 6.61 Å². The van der Waals surface area contributed by atoms with Gasteiger partial charge in [-0.15, -0.1) is 0 Å². The summed E-state index contributed by atoms with van der Waals surface area (Å²) in [6.45, 7) is 2.01. The van der Waals surface area contributed by atoms with Gasteiger partial charge in [-0.3, -0.25) is 4.79 Å². The molecule has 6 nitrogen and oxygen atoms in total. The topological polar surface area (TPSA) is 98.5 Å². The van der Waals surface area contributed by atoms with Crippen molar-refractivity contribution in [2.75, 3.05) is 6.61 Å². The van der Waals surface area contributed by atoms with Gasteiger partial charge in [0.2, 0.25) is 15.9 Å². The molecule has 3 atom stereocenters. The molecule has 116 valence electrons. The molecule has 0 aliphatic carbocycles. The van der Waals surface area contributed by atoms with Crippen molar-refractivity contribution in [2.24, 2.45) is 5.73 Å². The number of nitrogens with one attached hydrogen (secondary N) is 1. The second-order valence-electron chi connectivity index (χ2n) is 4.95. The minimum atomic E-state index is -3.78. The Morgan fingerprint density at radius 1 is 1.43 bits per heavy atom. The van der Waals surface area contributed by atoms with Crippen molar-refractivity contribution in [1.29, 1.82) is 0 Å². The Balaban J connectivity index is 2.24. The minimum absolute atomic E-state index is 0.291. The molecule has 0 aromatic heterocycles. The van der Waals surface area contributed by atoms with Gasteiger partial charge in [-0.1, -0.05) is 12.1 Å². The monoisotopic (exact) mass is 316 g/mol. The van der Waals surface area contributed by atoms with Crippen molar-refractivity contribution in [3.8, 4) is 0 Å². The first-order valence-corrected chi connectivity index (χ1v) is 8.03. The molecule has 1 heterocycles. The highest BCUT2D eigenvalue weighted by atomic mass is 32.2. The molecule has 2 rings (SSSR count). The maximum atomic E-state index is 12.9. The number of halogens is 1. The molecule has 1 fully saturated rings. The van der Waals surface area contributed by atoms with E-state index in [0.29, 0.717) is 18.6 Å². The summed E-state index contributed by atoms with van der Waals surface area (Å²) in [5, 5.41) is -0.736. The third-order valence-corrected chi connectivity index (χ3v) is 5.46. The van der Waals surface area contributed by atoms with Gasteiger partial charge in [0.25, 0.3) is 0 Å². The molecule has 1 saturated heterocycles. The summed E-state index contributed by atoms with van der Waals surface area (Å²) in [5.74, 6) is -1.33. The molecular formula is C13H17FN2O4S. The van der Waals surface area contributed by atoms with Crippen LogP contribution in [0.4, 0.5) is 4.39 Å². The largest absolute Gasteiger partial charge is 0.377 e. The molecule has 0 saturated carbocycles. The molecule has 1 aromatic carbocycles. The van der Waals surface area contributed by atoms with Gasteiger partial charge < -0.3 is 10.5 Å². The molecule has 1 amide bonds. The molecule has 3 N–H and O–H groups in total. The molecule has 0 spiro atoms. The Kier molecular flexibility index (Phi) is 4.60. The fourth-order valence-corrected chi connectivity index (χ4v) is 4.06. The van der Waals surface area contributed by atoms with Crippen LogP contribution >= 0.6 is 0 Å². The third-order valence-electron chi connectivity index (χ3n) is 3.48. The molecule has 21 heavy (non-hydrogen) atoms. The summed E-state index contributed by atoms with van der Waals surface area (Å²) in [4.78, 5) is 11.5. The maximum absolute atomic E-state index is 12.9. The molecule has 3 unspecified atom stereocenters. The van der Waals surface area contributed by atoms with Gasteiger partial charge in [0.05, 0.1) is 6.10 Å². The lowest BCUT2D eigenvalue weighted by Crippen LogP contribution is -2.44. The van der Waals surface area contributed by atoms with Crippen LogP contribution in [-0.2, 0) is 19.6 Å². The average Bonchev–Trinajstić information content (AvgIpc) is 2.84. The Morgan fingerprint density at radius 2 is 2.05 bits per heavy atom. The summed E-state index contributed by atoms with van der Waals surface area (Å²) >= 11 is 0. The standard InChI is InChI=1S/C13H17FN2O4S/c1-8-11(6-7-20-8)21(18,19)16-12(13(15)17)9-2-4-10(14)5-3-9/h2-5,8,11-12,16H,6-7H2,1H3,(H2,15,17). The van der Waals surface area contributed by atoms with Crippen LogP contribution in [0.5, 0.6) is 0 Å². The van der Waals surface area contributed by atoms with Crippen molar-refractivity contribution in [3.05, 3.63) is 35.6 Å². The first kappa shape index (κ1) is 15.9. The first-order valence-electron chi connectivity index (χ1n) is 6.49. The summed E-state index contributed by atoms with van der Waals surface area (Å²) < 4.78 is 45.1. The molecule has 0 radical (unpaired) electrons. The zero-order chi connectivity index (χ0) is 15.6. The van der Waals surface area contributed by atoms with Crippen LogP contribution in [0.1, 0.15) is 24.9 Å². The lowest BCUT2D eigenvalue weighted by molar-refractivity contribution is -0.119. The number of benzene rings is 1. The number of carbonyl (C=O) groups excluding carboxylic acids is 1. The smallest absolute Gasteiger partial charge is 0.240 e. The van der Waals surface area contributed by atoms with E-state index in [0.717, 1.165) is 12.1 Å². The van der Waals surface area contributed by atoms with Crippen molar-refractivity contribution in [2.45, 2.75) is 30.7 Å². The second-order valence-corrected chi connectivity index (χ2v) is 6.88. The number of ether oxygens (including phenoxy) is 1. The first-order chi connectivity index (χ1) is 9.81. The lowest BCUT2D eigenvalue weighted by Gasteiger charge is -2.20. The van der Waals surface area contributed by atoms with Crippen LogP contribution in [0.15, 0.2) is 24.3 Å². The molecule has 1 aliphatic heterocycles. The summed E-state index contributed by atoms with van der Waals surface area (Å²) in [7, 11) is -3.78. The van der Waals surface area contributed by atoms with Crippen LogP contribution in [0.25, 0.3) is 0 Å². The minimum Gasteiger partial charge on any atom is -0.377 e. The van der Waals surface area contributed by atoms with Gasteiger partial charge in [-0.05, 0) is 31.0 Å². The Hall–Kier alpha value is -1.51. The van der Waals surface area contributed by atoms with Crippen LogP contribution in [0.3, 0.4) is 0 Å². The fourth-order valence-electron chi connectivity index (χ4n) is 2.32. The van der Waals surface area contributed by atoms with Gasteiger partial charge in [-0.2, -0.15) is 4.72 Å². The van der Waals surface area contributed by atoms with Crippen LogP contribution in [-0.4, -0.2) is 32.3 Å². The van der Waals surface area contributed by atoms with Gasteiger partial charge >= 0.3 is 0 Å². The highest BCUT2D eigenvalue weighted by Gasteiger charge is 2.38. The summed E-state index contributed by atoms with van der Waals surface area (Å²) in [6.07, 6.45) is -0.102. The predicted molar refractivity (Wildman–Crippen MR) is 74.2 cm³/mol. The van der Waals surface area contributed by atoms with E-state index in [9.17, 15) is 17.6 Å². The average molecular weight is 316 g/mol. The number of rotatable bonds is 5. The Morgan fingerprint density at radius 3 is 2.52 bits per heavy atom. The zero-order valence-electron chi connectivity index (χ0n) is 11.5. The van der Waals surface area contributed by atoms with E-state index in [2.05, 4.69) is 4.72 Å². The van der Waals surface area contributed by atoms with Crippen molar-refractivity contribution in [3.63, 3.8) is 0 Å².